The fourth-order valence-electron chi connectivity index (χ4n) is 3.85. The average molecular weight is 667 g/mol. The van der Waals surface area contributed by atoms with E-state index in [1.807, 2.05) is 0 Å². The number of amides is 1. The maximum atomic E-state index is 15.1. The van der Waals surface area contributed by atoms with E-state index in [0.29, 0.717) is 6.07 Å². The van der Waals surface area contributed by atoms with Crippen LogP contribution in [0.5, 0.6) is 5.75 Å². The molecule has 45 heavy (non-hydrogen) atoms. The molecule has 2 aromatic carbocycles. The molecule has 1 heterocycles. The minimum atomic E-state index is -5.80. The van der Waals surface area contributed by atoms with Crippen LogP contribution < -0.4 is 15.5 Å². The number of alkyl halides is 5. The zero-order valence-corrected chi connectivity index (χ0v) is 25.0. The first-order valence-electron chi connectivity index (χ1n) is 13.0. The van der Waals surface area contributed by atoms with Crippen LogP contribution in [-0.2, 0) is 16.9 Å². The molecule has 3 rings (SSSR count). The first-order chi connectivity index (χ1) is 20.7. The molecule has 18 heteroatoms. The number of nitrogens with zero attached hydrogens (tertiary/aromatic N) is 4. The summed E-state index contributed by atoms with van der Waals surface area (Å²) in [5, 5.41) is 19.3. The molecular formula is C27H29F7N6O4S. The Hall–Kier alpha value is -4.19. The number of rotatable bonds is 9. The second-order valence-corrected chi connectivity index (χ2v) is 11.1. The number of anilines is 1. The van der Waals surface area contributed by atoms with Gasteiger partial charge in [0.1, 0.15) is 41.2 Å². The number of halogens is 7. The van der Waals surface area contributed by atoms with Crippen molar-refractivity contribution in [2.24, 2.45) is 0 Å². The summed E-state index contributed by atoms with van der Waals surface area (Å²) in [5.74, 6) is -7.43. The smallest absolute Gasteiger partial charge is 0.456 e. The summed E-state index contributed by atoms with van der Waals surface area (Å²) < 4.78 is 104. The number of hydrazine groups is 1. The van der Waals surface area contributed by atoms with Crippen LogP contribution in [0.1, 0.15) is 33.3 Å². The van der Waals surface area contributed by atoms with Crippen LogP contribution >= 0.6 is 12.2 Å². The Morgan fingerprint density at radius 2 is 1.73 bits per heavy atom. The fourth-order valence-corrected chi connectivity index (χ4v) is 4.18. The van der Waals surface area contributed by atoms with Gasteiger partial charge in [-0.1, -0.05) is 6.07 Å². The van der Waals surface area contributed by atoms with E-state index in [2.05, 4.69) is 25.6 Å². The molecule has 0 aliphatic carbocycles. The van der Waals surface area contributed by atoms with E-state index in [0.717, 1.165) is 35.6 Å². The normalized spacial score (nSPS) is 14.2. The number of nitrogens with one attached hydrogen (secondary N) is 2. The van der Waals surface area contributed by atoms with Gasteiger partial charge in [0.15, 0.2) is 11.7 Å². The molecule has 10 nitrogen and oxygen atoms in total. The summed E-state index contributed by atoms with van der Waals surface area (Å²) >= 11 is 5.48. The Bertz CT molecular complexity index is 1470. The van der Waals surface area contributed by atoms with Crippen molar-refractivity contribution < 1.29 is 50.1 Å². The molecule has 0 aliphatic heterocycles. The molecule has 0 unspecified atom stereocenters. The molecule has 0 aliphatic rings. The summed E-state index contributed by atoms with van der Waals surface area (Å²) in [6.45, 7) is 3.71. The Morgan fingerprint density at radius 3 is 2.27 bits per heavy atom. The van der Waals surface area contributed by atoms with Gasteiger partial charge in [0, 0.05) is 17.3 Å². The molecule has 0 saturated carbocycles. The number of thiocarbonyl (C=S) groups is 1. The van der Waals surface area contributed by atoms with E-state index in [9.17, 15) is 36.2 Å². The van der Waals surface area contributed by atoms with Crippen molar-refractivity contribution in [1.82, 2.24) is 25.2 Å². The fraction of sp³-hybridized carbons (Fsp3) is 0.407. The minimum absolute atomic E-state index is 0.144. The molecule has 0 spiro atoms. The highest BCUT2D eigenvalue weighted by Gasteiger charge is 2.58. The van der Waals surface area contributed by atoms with Crippen molar-refractivity contribution in [3.8, 4) is 5.75 Å². The largest absolute Gasteiger partial charge is 0.487 e. The lowest BCUT2D eigenvalue weighted by molar-refractivity contribution is -0.290. The van der Waals surface area contributed by atoms with Crippen molar-refractivity contribution in [1.29, 1.82) is 0 Å². The van der Waals surface area contributed by atoms with Crippen LogP contribution in [0.2, 0.25) is 0 Å². The Morgan fingerprint density at radius 1 is 1.09 bits per heavy atom. The van der Waals surface area contributed by atoms with Crippen LogP contribution in [0.15, 0.2) is 55.1 Å². The number of ether oxygens (including phenoxy) is 2. The standard InChI is InChI=1S/C27H29F7N6O4S/c1-16(25(42,12-39-15-35-14-36-39)20-10-5-17(28)11-21(20)29)40(38-23(41)44-24(2,3)4)22(45)37-18-6-8-19(9-7-18)43-13-26(30,31)27(32,33)34/h5-11,14-16,42H,12-13H2,1-4H3,(H,37,45)(H,38,41)/t16-,25-/m1/s1. The third-order valence-electron chi connectivity index (χ3n) is 6.12. The second kappa shape index (κ2) is 13.4. The van der Waals surface area contributed by atoms with E-state index >= 15 is 4.39 Å². The third kappa shape index (κ3) is 9.16. The van der Waals surface area contributed by atoms with Crippen LogP contribution in [0.3, 0.4) is 0 Å². The van der Waals surface area contributed by atoms with E-state index in [4.69, 9.17) is 17.0 Å². The minimum Gasteiger partial charge on any atom is -0.487 e. The first kappa shape index (κ1) is 35.3. The van der Waals surface area contributed by atoms with Gasteiger partial charge in [-0.15, -0.1) is 0 Å². The first-order valence-corrected chi connectivity index (χ1v) is 13.4. The Balaban J connectivity index is 1.93. The van der Waals surface area contributed by atoms with Gasteiger partial charge >= 0.3 is 18.2 Å². The van der Waals surface area contributed by atoms with Gasteiger partial charge in [-0.25, -0.2) is 28.7 Å². The van der Waals surface area contributed by atoms with E-state index < -0.39 is 60.2 Å². The molecule has 0 fully saturated rings. The molecule has 1 amide bonds. The van der Waals surface area contributed by atoms with Crippen LogP contribution in [-0.4, -0.2) is 66.4 Å². The lowest BCUT2D eigenvalue weighted by atomic mass is 9.86. The summed E-state index contributed by atoms with van der Waals surface area (Å²) in [7, 11) is 0. The molecule has 246 valence electrons. The predicted octanol–water partition coefficient (Wildman–Crippen LogP) is 5.55. The topological polar surface area (TPSA) is 114 Å². The van der Waals surface area contributed by atoms with E-state index in [-0.39, 0.29) is 22.1 Å². The van der Waals surface area contributed by atoms with Crippen LogP contribution in [0, 0.1) is 11.6 Å². The van der Waals surface area contributed by atoms with Crippen LogP contribution in [0.25, 0.3) is 0 Å². The highest BCUT2D eigenvalue weighted by atomic mass is 32.1. The highest BCUT2D eigenvalue weighted by molar-refractivity contribution is 7.80. The van der Waals surface area contributed by atoms with Gasteiger partial charge in [-0.05, 0) is 70.2 Å². The molecule has 0 radical (unpaired) electrons. The zero-order chi connectivity index (χ0) is 33.8. The van der Waals surface area contributed by atoms with Gasteiger partial charge < -0.3 is 19.9 Å². The molecule has 1 aromatic heterocycles. The Kier molecular flexibility index (Phi) is 10.5. The third-order valence-corrected chi connectivity index (χ3v) is 6.41. The van der Waals surface area contributed by atoms with Gasteiger partial charge in [0.05, 0.1) is 12.6 Å². The molecule has 0 bridgehead atoms. The monoisotopic (exact) mass is 666 g/mol. The van der Waals surface area contributed by atoms with Gasteiger partial charge in [-0.3, -0.25) is 5.01 Å². The summed E-state index contributed by atoms with van der Waals surface area (Å²) in [4.78, 5) is 16.6. The van der Waals surface area contributed by atoms with Crippen LogP contribution in [0.4, 0.5) is 41.2 Å². The summed E-state index contributed by atoms with van der Waals surface area (Å²) in [6, 6.07) is 5.76. The van der Waals surface area contributed by atoms with Crippen molar-refractivity contribution in [3.63, 3.8) is 0 Å². The highest BCUT2D eigenvalue weighted by Crippen LogP contribution is 2.36. The lowest BCUT2D eigenvalue weighted by Crippen LogP contribution is -2.61. The number of hydrogen-bond acceptors (Lipinski definition) is 7. The van der Waals surface area contributed by atoms with Crippen molar-refractivity contribution in [3.05, 3.63) is 72.3 Å². The maximum Gasteiger partial charge on any atom is 0.456 e. The lowest BCUT2D eigenvalue weighted by Gasteiger charge is -2.42. The van der Waals surface area contributed by atoms with Crippen molar-refractivity contribution in [2.45, 2.75) is 63.6 Å². The van der Waals surface area contributed by atoms with Crippen molar-refractivity contribution in [2.75, 3.05) is 11.9 Å². The number of carbonyl (C=O) groups excluding carboxylic acids is 1. The molecule has 3 N–H and O–H groups in total. The average Bonchev–Trinajstić information content (AvgIpc) is 3.42. The van der Waals surface area contributed by atoms with E-state index in [1.54, 1.807) is 20.8 Å². The van der Waals surface area contributed by atoms with Gasteiger partial charge in [-0.2, -0.15) is 27.1 Å². The summed E-state index contributed by atoms with van der Waals surface area (Å²) in [6.07, 6.45) is -4.44. The second-order valence-electron chi connectivity index (χ2n) is 10.7. The van der Waals surface area contributed by atoms with Crippen molar-refractivity contribution >= 4 is 29.1 Å². The quantitative estimate of drug-likeness (QED) is 0.154. The number of aliphatic hydroxyl groups is 1. The number of aromatic nitrogens is 3. The molecule has 3 aromatic rings. The Labute approximate surface area is 258 Å². The molecule has 2 atom stereocenters. The molecule has 0 saturated heterocycles. The van der Waals surface area contributed by atoms with Gasteiger partial charge in [0.2, 0.25) is 0 Å². The number of benzene rings is 2. The summed E-state index contributed by atoms with van der Waals surface area (Å²) in [5.41, 5.74) is -1.11. The zero-order valence-electron chi connectivity index (χ0n) is 24.2. The molecular weight excluding hydrogens is 637 g/mol. The predicted molar refractivity (Wildman–Crippen MR) is 150 cm³/mol. The number of carbonyl (C=O) groups is 1. The SMILES string of the molecule is C[C@@H](N(NC(=O)OC(C)(C)C)C(=S)Nc1ccc(OCC(F)(F)C(F)(F)F)cc1)[C@](O)(Cn1cncn1)c1ccc(F)cc1F. The van der Waals surface area contributed by atoms with Gasteiger partial charge in [0.25, 0.3) is 0 Å². The maximum absolute atomic E-state index is 15.1. The van der Waals surface area contributed by atoms with E-state index in [1.165, 1.54) is 30.1 Å². The number of hydrogen-bond donors (Lipinski definition) is 3.